The summed E-state index contributed by atoms with van der Waals surface area (Å²) in [5.74, 6) is 1.01. The van der Waals surface area contributed by atoms with Crippen molar-refractivity contribution in [3.63, 3.8) is 0 Å². The summed E-state index contributed by atoms with van der Waals surface area (Å²) in [6.45, 7) is 11.2. The van der Waals surface area contributed by atoms with Crippen molar-refractivity contribution in [1.82, 2.24) is 4.90 Å². The molecule has 0 aromatic heterocycles. The van der Waals surface area contributed by atoms with Crippen LogP contribution in [0.2, 0.25) is 0 Å². The fourth-order valence-electron chi connectivity index (χ4n) is 3.69. The van der Waals surface area contributed by atoms with E-state index in [4.69, 9.17) is 14.2 Å². The van der Waals surface area contributed by atoms with Gasteiger partial charge in [-0.05, 0) is 76.3 Å². The molecular formula is C34H47NO7. The molecule has 0 spiro atoms. The van der Waals surface area contributed by atoms with Gasteiger partial charge in [0.15, 0.2) is 0 Å². The molecule has 8 heteroatoms. The third-order valence-electron chi connectivity index (χ3n) is 6.10. The summed E-state index contributed by atoms with van der Waals surface area (Å²) >= 11 is 0. The predicted molar refractivity (Wildman–Crippen MR) is 164 cm³/mol. The number of hydrogen-bond donors (Lipinski definition) is 0. The third kappa shape index (κ3) is 15.7. The van der Waals surface area contributed by atoms with E-state index >= 15 is 0 Å². The van der Waals surface area contributed by atoms with Gasteiger partial charge in [0.25, 0.3) is 11.8 Å². The molecule has 0 aliphatic carbocycles. The van der Waals surface area contributed by atoms with Gasteiger partial charge >= 0.3 is 11.9 Å². The quantitative estimate of drug-likeness (QED) is 0.133. The molecule has 0 saturated heterocycles. The molecule has 2 aromatic carbocycles. The molecule has 8 nitrogen and oxygen atoms in total. The lowest BCUT2D eigenvalue weighted by atomic mass is 10.2. The van der Waals surface area contributed by atoms with Gasteiger partial charge in [0.2, 0.25) is 0 Å². The molecular weight excluding hydrogens is 534 g/mol. The average Bonchev–Trinajstić information content (AvgIpc) is 3.31. The maximum Gasteiger partial charge on any atom is 0.305 e. The molecule has 0 atom stereocenters. The van der Waals surface area contributed by atoms with E-state index in [-0.39, 0.29) is 23.8 Å². The lowest BCUT2D eigenvalue weighted by molar-refractivity contribution is -0.144. The number of amides is 2. The van der Waals surface area contributed by atoms with Gasteiger partial charge in [-0.3, -0.25) is 24.1 Å². The predicted octanol–water partition coefficient (Wildman–Crippen LogP) is 7.12. The molecule has 0 radical (unpaired) electrons. The van der Waals surface area contributed by atoms with Gasteiger partial charge in [0, 0.05) is 31.5 Å². The van der Waals surface area contributed by atoms with Crippen LogP contribution in [0.4, 0.5) is 0 Å². The smallest absolute Gasteiger partial charge is 0.305 e. The molecule has 0 unspecified atom stereocenters. The Balaban J connectivity index is 0.000000331. The second kappa shape index (κ2) is 21.8. The molecule has 2 aromatic rings. The summed E-state index contributed by atoms with van der Waals surface area (Å²) in [4.78, 5) is 45.2. The maximum atomic E-state index is 11.2. The van der Waals surface area contributed by atoms with Gasteiger partial charge in [-0.15, -0.1) is 0 Å². The van der Waals surface area contributed by atoms with E-state index < -0.39 is 0 Å². The van der Waals surface area contributed by atoms with Gasteiger partial charge in [0.1, 0.15) is 11.5 Å². The van der Waals surface area contributed by atoms with Crippen LogP contribution in [0.1, 0.15) is 83.8 Å². The summed E-state index contributed by atoms with van der Waals surface area (Å²) in [6.07, 6.45) is 8.83. The standard InChI is InChI=1S/C15H16O.C12H17NO4.C7H14O2/c1-3-13-6-10-15(11-7-13)16-14-8-4-12(2)5-9-14;1-2-17-12(16)6-4-3-5-9-13-10(14)7-8-11(13)15;1-3-5-6-7(8)9-4-2/h4-11H,3H2,1-2H3;7-8H,2-6,9H2,1H3;3-6H2,1-2H3. The van der Waals surface area contributed by atoms with Crippen LogP contribution in [0.5, 0.6) is 11.5 Å². The van der Waals surface area contributed by atoms with Crippen molar-refractivity contribution in [1.29, 1.82) is 0 Å². The van der Waals surface area contributed by atoms with Crippen molar-refractivity contribution >= 4 is 23.8 Å². The van der Waals surface area contributed by atoms with Crippen molar-refractivity contribution in [2.75, 3.05) is 19.8 Å². The largest absolute Gasteiger partial charge is 0.466 e. The Morgan fingerprint density at radius 2 is 1.17 bits per heavy atom. The summed E-state index contributed by atoms with van der Waals surface area (Å²) in [6, 6.07) is 16.3. The van der Waals surface area contributed by atoms with Gasteiger partial charge in [-0.2, -0.15) is 0 Å². The van der Waals surface area contributed by atoms with Crippen LogP contribution < -0.4 is 4.74 Å². The fraction of sp³-hybridized carbons (Fsp3) is 0.471. The minimum absolute atomic E-state index is 0.0700. The Morgan fingerprint density at radius 3 is 1.64 bits per heavy atom. The van der Waals surface area contributed by atoms with Crippen LogP contribution >= 0.6 is 0 Å². The molecule has 0 fully saturated rings. The molecule has 2 amide bonds. The van der Waals surface area contributed by atoms with Crippen LogP contribution in [-0.2, 0) is 35.1 Å². The molecule has 42 heavy (non-hydrogen) atoms. The van der Waals surface area contributed by atoms with E-state index in [0.29, 0.717) is 32.6 Å². The SMILES string of the molecule is CCCCC(=O)OCC.CCOC(=O)CCCCCN1C(=O)C=CC1=O.CCc1ccc(Oc2ccc(C)cc2)cc1. The van der Waals surface area contributed by atoms with Crippen LogP contribution in [0.25, 0.3) is 0 Å². The number of hydrogen-bond acceptors (Lipinski definition) is 7. The van der Waals surface area contributed by atoms with E-state index in [9.17, 15) is 19.2 Å². The lowest BCUT2D eigenvalue weighted by Crippen LogP contribution is -2.30. The minimum atomic E-state index is -0.250. The van der Waals surface area contributed by atoms with Crippen LogP contribution in [0, 0.1) is 6.92 Å². The number of esters is 2. The molecule has 0 bridgehead atoms. The highest BCUT2D eigenvalue weighted by Crippen LogP contribution is 2.22. The topological polar surface area (TPSA) is 99.2 Å². The molecule has 0 saturated carbocycles. The Bertz CT molecular complexity index is 1090. The highest BCUT2D eigenvalue weighted by Gasteiger charge is 2.22. The number of carbonyl (C=O) groups is 4. The zero-order valence-electron chi connectivity index (χ0n) is 25.9. The monoisotopic (exact) mass is 581 g/mol. The summed E-state index contributed by atoms with van der Waals surface area (Å²) in [5.41, 5.74) is 2.57. The van der Waals surface area contributed by atoms with Gasteiger partial charge in [0.05, 0.1) is 13.2 Å². The number of unbranched alkanes of at least 4 members (excludes halogenated alkanes) is 3. The Labute approximate surface area is 251 Å². The molecule has 1 heterocycles. The average molecular weight is 582 g/mol. The fourth-order valence-corrected chi connectivity index (χ4v) is 3.69. The third-order valence-corrected chi connectivity index (χ3v) is 6.10. The zero-order valence-corrected chi connectivity index (χ0v) is 25.9. The number of aryl methyl sites for hydroxylation is 2. The van der Waals surface area contributed by atoms with Crippen LogP contribution in [-0.4, -0.2) is 48.4 Å². The second-order valence-corrected chi connectivity index (χ2v) is 9.60. The normalized spacial score (nSPS) is 11.7. The van der Waals surface area contributed by atoms with Gasteiger partial charge < -0.3 is 14.2 Å². The first kappa shape index (κ1) is 36.1. The van der Waals surface area contributed by atoms with Crippen molar-refractivity contribution < 1.29 is 33.4 Å². The van der Waals surface area contributed by atoms with E-state index in [1.807, 2.05) is 31.2 Å². The van der Waals surface area contributed by atoms with Crippen molar-refractivity contribution in [3.8, 4) is 11.5 Å². The van der Waals surface area contributed by atoms with Crippen LogP contribution in [0.3, 0.4) is 0 Å². The molecule has 0 N–H and O–H groups in total. The molecule has 3 rings (SSSR count). The first-order valence-corrected chi connectivity index (χ1v) is 14.9. The van der Waals surface area contributed by atoms with Crippen molar-refractivity contribution in [2.45, 2.75) is 86.0 Å². The number of nitrogens with zero attached hydrogens (tertiary/aromatic N) is 1. The van der Waals surface area contributed by atoms with E-state index in [0.717, 1.165) is 50.0 Å². The number of benzene rings is 2. The minimum Gasteiger partial charge on any atom is -0.466 e. The molecule has 230 valence electrons. The summed E-state index contributed by atoms with van der Waals surface area (Å²) in [5, 5.41) is 0. The zero-order chi connectivity index (χ0) is 31.2. The number of imide groups is 1. The second-order valence-electron chi connectivity index (χ2n) is 9.60. The van der Waals surface area contributed by atoms with Crippen molar-refractivity contribution in [3.05, 3.63) is 71.8 Å². The summed E-state index contributed by atoms with van der Waals surface area (Å²) < 4.78 is 15.2. The number of carbonyl (C=O) groups excluding carboxylic acids is 4. The first-order valence-electron chi connectivity index (χ1n) is 14.9. The highest BCUT2D eigenvalue weighted by atomic mass is 16.5. The van der Waals surface area contributed by atoms with Gasteiger partial charge in [-0.1, -0.05) is 56.5 Å². The van der Waals surface area contributed by atoms with E-state index in [2.05, 4.69) is 45.0 Å². The van der Waals surface area contributed by atoms with Gasteiger partial charge in [-0.25, -0.2) is 0 Å². The lowest BCUT2D eigenvalue weighted by Gasteiger charge is -2.12. The highest BCUT2D eigenvalue weighted by molar-refractivity contribution is 6.12. The Morgan fingerprint density at radius 1 is 0.667 bits per heavy atom. The van der Waals surface area contributed by atoms with E-state index in [1.54, 1.807) is 6.92 Å². The van der Waals surface area contributed by atoms with Crippen molar-refractivity contribution in [2.24, 2.45) is 0 Å². The Kier molecular flexibility index (Phi) is 18.7. The first-order chi connectivity index (χ1) is 20.2. The Hall–Kier alpha value is -3.94. The maximum absolute atomic E-state index is 11.2. The molecule has 1 aliphatic rings. The number of rotatable bonds is 14. The summed E-state index contributed by atoms with van der Waals surface area (Å²) in [7, 11) is 0. The number of ether oxygens (including phenoxy) is 3. The molecule has 1 aliphatic heterocycles. The van der Waals surface area contributed by atoms with Crippen LogP contribution in [0.15, 0.2) is 60.7 Å². The van der Waals surface area contributed by atoms with E-state index in [1.165, 1.54) is 28.2 Å².